The summed E-state index contributed by atoms with van der Waals surface area (Å²) >= 11 is 6.17. The molecule has 9 heteroatoms. The number of nitrogens with zero attached hydrogens (tertiary/aromatic N) is 2. The number of aliphatic hydroxyl groups is 1. The van der Waals surface area contributed by atoms with Gasteiger partial charge in [-0.3, -0.25) is 14.6 Å². The molecule has 1 saturated heterocycles. The Morgan fingerprint density at radius 2 is 1.97 bits per heavy atom. The van der Waals surface area contributed by atoms with Crippen molar-refractivity contribution < 1.29 is 28.6 Å². The van der Waals surface area contributed by atoms with Gasteiger partial charge in [-0.25, -0.2) is 0 Å². The Balaban J connectivity index is 1.92. The summed E-state index contributed by atoms with van der Waals surface area (Å²) in [7, 11) is 2.83. The number of aromatic nitrogens is 1. The number of amides is 1. The van der Waals surface area contributed by atoms with E-state index in [1.54, 1.807) is 36.7 Å². The molecule has 0 aliphatic carbocycles. The van der Waals surface area contributed by atoms with E-state index in [-0.39, 0.29) is 34.2 Å². The number of ether oxygens (including phenoxy) is 2. The SMILES string of the molecule is COc1cc(/C(O)=C2\C(=O)C(=O)N(Cc3ccco3)C2c2cccnc2)c(OC)cc1Cl. The van der Waals surface area contributed by atoms with Gasteiger partial charge < -0.3 is 23.9 Å². The monoisotopic (exact) mass is 454 g/mol. The van der Waals surface area contributed by atoms with Crippen molar-refractivity contribution in [3.8, 4) is 11.5 Å². The minimum Gasteiger partial charge on any atom is -0.507 e. The fourth-order valence-corrected chi connectivity index (χ4v) is 3.92. The average molecular weight is 455 g/mol. The van der Waals surface area contributed by atoms with Crippen LogP contribution < -0.4 is 9.47 Å². The first-order chi connectivity index (χ1) is 15.5. The molecule has 0 bridgehead atoms. The average Bonchev–Trinajstić information content (AvgIpc) is 3.41. The topological polar surface area (TPSA) is 102 Å². The number of methoxy groups -OCH3 is 2. The molecular weight excluding hydrogens is 436 g/mol. The van der Waals surface area contributed by atoms with Gasteiger partial charge in [-0.05, 0) is 29.8 Å². The minimum atomic E-state index is -0.889. The van der Waals surface area contributed by atoms with Gasteiger partial charge in [-0.15, -0.1) is 0 Å². The number of aliphatic hydroxyl groups excluding tert-OH is 1. The van der Waals surface area contributed by atoms with Gasteiger partial charge in [0.2, 0.25) is 0 Å². The van der Waals surface area contributed by atoms with Crippen LogP contribution in [0.5, 0.6) is 11.5 Å². The Morgan fingerprint density at radius 1 is 1.19 bits per heavy atom. The number of benzene rings is 1. The molecule has 1 N–H and O–H groups in total. The summed E-state index contributed by atoms with van der Waals surface area (Å²) in [6.07, 6.45) is 4.60. The smallest absolute Gasteiger partial charge is 0.296 e. The van der Waals surface area contributed by atoms with E-state index < -0.39 is 23.5 Å². The summed E-state index contributed by atoms with van der Waals surface area (Å²) in [4.78, 5) is 31.5. The lowest BCUT2D eigenvalue weighted by atomic mass is 9.96. The van der Waals surface area contributed by atoms with Crippen LogP contribution in [0.2, 0.25) is 5.02 Å². The standard InChI is InChI=1S/C23H19ClN2O6/c1-30-17-10-16(24)18(31-2)9-15(17)21(27)19-20(13-5-3-7-25-11-13)26(23(29)22(19)28)12-14-6-4-8-32-14/h3-11,20,27H,12H2,1-2H3/b21-19+. The third kappa shape index (κ3) is 3.69. The lowest BCUT2D eigenvalue weighted by Gasteiger charge is -2.24. The Kier molecular flexibility index (Phi) is 5.87. The van der Waals surface area contributed by atoms with Crippen LogP contribution in [-0.2, 0) is 16.1 Å². The number of carbonyl (C=O) groups is 2. The molecule has 1 aliphatic rings. The van der Waals surface area contributed by atoms with Crippen LogP contribution in [0.4, 0.5) is 0 Å². The molecular formula is C23H19ClN2O6. The number of rotatable bonds is 6. The van der Waals surface area contributed by atoms with Gasteiger partial charge in [0.05, 0.1) is 49.2 Å². The van der Waals surface area contributed by atoms with E-state index in [1.165, 1.54) is 37.5 Å². The highest BCUT2D eigenvalue weighted by molar-refractivity contribution is 6.46. The van der Waals surface area contributed by atoms with Crippen LogP contribution in [0.1, 0.15) is 22.9 Å². The van der Waals surface area contributed by atoms with Crippen molar-refractivity contribution in [2.45, 2.75) is 12.6 Å². The second-order valence-electron chi connectivity index (χ2n) is 6.98. The lowest BCUT2D eigenvalue weighted by Crippen LogP contribution is -2.29. The Labute approximate surface area is 188 Å². The van der Waals surface area contributed by atoms with Gasteiger partial charge in [0.15, 0.2) is 0 Å². The van der Waals surface area contributed by atoms with Crippen LogP contribution in [-0.4, -0.2) is 40.9 Å². The maximum atomic E-state index is 13.1. The van der Waals surface area contributed by atoms with Gasteiger partial charge in [0, 0.05) is 18.5 Å². The third-order valence-corrected chi connectivity index (χ3v) is 5.47. The van der Waals surface area contributed by atoms with E-state index in [4.69, 9.17) is 25.5 Å². The second kappa shape index (κ2) is 8.76. The van der Waals surface area contributed by atoms with Crippen molar-refractivity contribution >= 4 is 29.1 Å². The summed E-state index contributed by atoms with van der Waals surface area (Å²) in [5.41, 5.74) is 0.621. The fourth-order valence-electron chi connectivity index (χ4n) is 3.69. The van der Waals surface area contributed by atoms with E-state index in [9.17, 15) is 14.7 Å². The molecule has 32 heavy (non-hydrogen) atoms. The number of hydrogen-bond acceptors (Lipinski definition) is 7. The fraction of sp³-hybridized carbons (Fsp3) is 0.174. The molecule has 8 nitrogen and oxygen atoms in total. The number of Topliss-reactive ketones (excluding diaryl/α,β-unsaturated/α-hetero) is 1. The molecule has 4 rings (SSSR count). The Bertz CT molecular complexity index is 1190. The van der Waals surface area contributed by atoms with Crippen LogP contribution in [0.15, 0.2) is 65.0 Å². The van der Waals surface area contributed by atoms with Crippen LogP contribution in [0.25, 0.3) is 5.76 Å². The van der Waals surface area contributed by atoms with E-state index >= 15 is 0 Å². The van der Waals surface area contributed by atoms with Crippen molar-refractivity contribution in [2.75, 3.05) is 14.2 Å². The first kappa shape index (κ1) is 21.5. The minimum absolute atomic E-state index is 0.0367. The van der Waals surface area contributed by atoms with Gasteiger partial charge in [-0.2, -0.15) is 0 Å². The number of pyridine rings is 1. The second-order valence-corrected chi connectivity index (χ2v) is 7.39. The highest BCUT2D eigenvalue weighted by Crippen LogP contribution is 2.43. The van der Waals surface area contributed by atoms with Crippen LogP contribution >= 0.6 is 11.6 Å². The maximum Gasteiger partial charge on any atom is 0.296 e. The van der Waals surface area contributed by atoms with Crippen molar-refractivity contribution in [2.24, 2.45) is 0 Å². The van der Waals surface area contributed by atoms with E-state index in [2.05, 4.69) is 4.98 Å². The lowest BCUT2D eigenvalue weighted by molar-refractivity contribution is -0.140. The van der Waals surface area contributed by atoms with Crippen LogP contribution in [0, 0.1) is 0 Å². The molecule has 164 valence electrons. The van der Waals surface area contributed by atoms with Gasteiger partial charge >= 0.3 is 0 Å². The predicted molar refractivity (Wildman–Crippen MR) is 115 cm³/mol. The zero-order valence-electron chi connectivity index (χ0n) is 17.2. The van der Waals surface area contributed by atoms with E-state index in [1.807, 2.05) is 0 Å². The van der Waals surface area contributed by atoms with Crippen molar-refractivity contribution in [1.82, 2.24) is 9.88 Å². The summed E-state index contributed by atoms with van der Waals surface area (Å²) in [6, 6.07) is 8.84. The first-order valence-corrected chi connectivity index (χ1v) is 9.96. The molecule has 1 atom stereocenters. The number of furan rings is 1. The normalized spacial score (nSPS) is 17.6. The molecule has 1 fully saturated rings. The number of likely N-dealkylation sites (tertiary alicyclic amines) is 1. The third-order valence-electron chi connectivity index (χ3n) is 5.18. The quantitative estimate of drug-likeness (QED) is 0.341. The predicted octanol–water partition coefficient (Wildman–Crippen LogP) is 3.97. The Morgan fingerprint density at radius 3 is 2.59 bits per heavy atom. The number of carbonyl (C=O) groups excluding carboxylic acids is 2. The molecule has 1 unspecified atom stereocenters. The maximum absolute atomic E-state index is 13.1. The van der Waals surface area contributed by atoms with Crippen molar-refractivity contribution in [1.29, 1.82) is 0 Å². The Hall–Kier alpha value is -3.78. The van der Waals surface area contributed by atoms with E-state index in [0.29, 0.717) is 11.3 Å². The molecule has 3 heterocycles. The highest BCUT2D eigenvalue weighted by Gasteiger charge is 2.46. The van der Waals surface area contributed by atoms with Crippen molar-refractivity contribution in [3.05, 3.63) is 82.5 Å². The molecule has 1 amide bonds. The molecule has 0 saturated carbocycles. The van der Waals surface area contributed by atoms with Gasteiger partial charge in [0.25, 0.3) is 11.7 Å². The number of halogens is 1. The molecule has 2 aromatic heterocycles. The zero-order chi connectivity index (χ0) is 22.8. The molecule has 0 spiro atoms. The molecule has 1 aliphatic heterocycles. The summed E-state index contributed by atoms with van der Waals surface area (Å²) < 4.78 is 16.0. The highest BCUT2D eigenvalue weighted by atomic mass is 35.5. The van der Waals surface area contributed by atoms with Gasteiger partial charge in [0.1, 0.15) is 23.0 Å². The zero-order valence-corrected chi connectivity index (χ0v) is 18.0. The molecule has 1 aromatic carbocycles. The van der Waals surface area contributed by atoms with Crippen molar-refractivity contribution in [3.63, 3.8) is 0 Å². The summed E-state index contributed by atoms with van der Waals surface area (Å²) in [5, 5.41) is 11.5. The van der Waals surface area contributed by atoms with Gasteiger partial charge in [-0.1, -0.05) is 17.7 Å². The molecule has 0 radical (unpaired) electrons. The largest absolute Gasteiger partial charge is 0.507 e. The first-order valence-electron chi connectivity index (χ1n) is 9.58. The molecule has 3 aromatic rings. The number of ketones is 1. The van der Waals surface area contributed by atoms with Crippen LogP contribution in [0.3, 0.4) is 0 Å². The summed E-state index contributed by atoms with van der Waals surface area (Å²) in [5.74, 6) is -1.03. The number of hydrogen-bond donors (Lipinski definition) is 1. The summed E-state index contributed by atoms with van der Waals surface area (Å²) in [6.45, 7) is 0.0367. The van der Waals surface area contributed by atoms with E-state index in [0.717, 1.165) is 0 Å².